The van der Waals surface area contributed by atoms with E-state index in [1.54, 1.807) is 0 Å². The standard InChI is InChI=1S/C14H18IN5/c1-9-12(16)3-2-8-20(9)14-17-13(18-19-14)10-4-6-11(15)7-5-10/h4-7,9,12H,2-3,8,16H2,1H3,(H,17,18,19). The zero-order valence-corrected chi connectivity index (χ0v) is 13.5. The number of benzene rings is 1. The highest BCUT2D eigenvalue weighted by molar-refractivity contribution is 14.1. The van der Waals surface area contributed by atoms with E-state index in [1.807, 2.05) is 0 Å². The molecule has 0 radical (unpaired) electrons. The number of nitrogens with two attached hydrogens (primary N) is 1. The smallest absolute Gasteiger partial charge is 0.245 e. The van der Waals surface area contributed by atoms with Gasteiger partial charge in [0.05, 0.1) is 0 Å². The Balaban J connectivity index is 1.84. The van der Waals surface area contributed by atoms with Gasteiger partial charge < -0.3 is 10.6 Å². The number of nitrogens with one attached hydrogen (secondary N) is 1. The van der Waals surface area contributed by atoms with Gasteiger partial charge in [-0.05, 0) is 54.5 Å². The lowest BCUT2D eigenvalue weighted by Gasteiger charge is -2.36. The molecule has 0 aliphatic carbocycles. The molecule has 1 saturated heterocycles. The van der Waals surface area contributed by atoms with Crippen molar-refractivity contribution in [3.05, 3.63) is 27.8 Å². The van der Waals surface area contributed by atoms with E-state index < -0.39 is 0 Å². The number of H-pyrrole nitrogens is 1. The van der Waals surface area contributed by atoms with Crippen molar-refractivity contribution in [2.24, 2.45) is 5.73 Å². The number of anilines is 1. The molecule has 1 aromatic heterocycles. The maximum atomic E-state index is 6.13. The van der Waals surface area contributed by atoms with Crippen LogP contribution in [0, 0.1) is 3.57 Å². The summed E-state index contributed by atoms with van der Waals surface area (Å²) in [5.74, 6) is 1.56. The molecule has 2 aromatic rings. The van der Waals surface area contributed by atoms with E-state index in [1.165, 1.54) is 3.57 Å². The first-order valence-corrected chi connectivity index (χ1v) is 7.93. The molecule has 0 saturated carbocycles. The third-order valence-corrected chi connectivity index (χ3v) is 4.62. The molecule has 20 heavy (non-hydrogen) atoms. The number of hydrogen-bond acceptors (Lipinski definition) is 4. The Hall–Kier alpha value is -1.15. The van der Waals surface area contributed by atoms with Crippen molar-refractivity contribution in [1.29, 1.82) is 0 Å². The van der Waals surface area contributed by atoms with Gasteiger partial charge in [-0.2, -0.15) is 4.98 Å². The molecule has 0 spiro atoms. The van der Waals surface area contributed by atoms with E-state index >= 15 is 0 Å². The lowest BCUT2D eigenvalue weighted by atomic mass is 9.99. The lowest BCUT2D eigenvalue weighted by molar-refractivity contribution is 0.416. The van der Waals surface area contributed by atoms with Crippen LogP contribution >= 0.6 is 22.6 Å². The molecule has 3 N–H and O–H groups in total. The van der Waals surface area contributed by atoms with Crippen LogP contribution in [-0.2, 0) is 0 Å². The Morgan fingerprint density at radius 1 is 1.35 bits per heavy atom. The van der Waals surface area contributed by atoms with Crippen LogP contribution < -0.4 is 10.6 Å². The minimum Gasteiger partial charge on any atom is -0.335 e. The number of rotatable bonds is 2. The highest BCUT2D eigenvalue weighted by atomic mass is 127. The second kappa shape index (κ2) is 5.69. The number of piperidine rings is 1. The molecule has 106 valence electrons. The van der Waals surface area contributed by atoms with Crippen molar-refractivity contribution < 1.29 is 0 Å². The van der Waals surface area contributed by atoms with Gasteiger partial charge in [-0.1, -0.05) is 12.1 Å². The molecule has 1 aromatic carbocycles. The van der Waals surface area contributed by atoms with Gasteiger partial charge in [0.25, 0.3) is 0 Å². The number of nitrogens with zero attached hydrogens (tertiary/aromatic N) is 3. The first-order chi connectivity index (χ1) is 9.65. The van der Waals surface area contributed by atoms with Gasteiger partial charge in [0.15, 0.2) is 5.82 Å². The maximum absolute atomic E-state index is 6.13. The van der Waals surface area contributed by atoms with Crippen LogP contribution in [-0.4, -0.2) is 33.8 Å². The summed E-state index contributed by atoms with van der Waals surface area (Å²) < 4.78 is 1.21. The van der Waals surface area contributed by atoms with Crippen LogP contribution in [0.3, 0.4) is 0 Å². The van der Waals surface area contributed by atoms with E-state index in [-0.39, 0.29) is 12.1 Å². The third kappa shape index (κ3) is 2.67. The summed E-state index contributed by atoms with van der Waals surface area (Å²) in [5.41, 5.74) is 7.19. The average molecular weight is 383 g/mol. The zero-order valence-electron chi connectivity index (χ0n) is 11.4. The fraction of sp³-hybridized carbons (Fsp3) is 0.429. The van der Waals surface area contributed by atoms with Crippen molar-refractivity contribution in [3.63, 3.8) is 0 Å². The van der Waals surface area contributed by atoms with Crippen LogP contribution in [0.15, 0.2) is 24.3 Å². The van der Waals surface area contributed by atoms with E-state index in [0.29, 0.717) is 0 Å². The van der Waals surface area contributed by atoms with Crippen molar-refractivity contribution in [2.75, 3.05) is 11.4 Å². The Kier molecular flexibility index (Phi) is 3.93. The normalized spacial score (nSPS) is 23.1. The van der Waals surface area contributed by atoms with Gasteiger partial charge in [0, 0.05) is 27.8 Å². The van der Waals surface area contributed by atoms with Crippen LogP contribution in [0.5, 0.6) is 0 Å². The van der Waals surface area contributed by atoms with Crippen LogP contribution in [0.4, 0.5) is 5.95 Å². The van der Waals surface area contributed by atoms with E-state index in [4.69, 9.17) is 5.73 Å². The molecular weight excluding hydrogens is 365 g/mol. The monoisotopic (exact) mass is 383 g/mol. The molecule has 0 amide bonds. The van der Waals surface area contributed by atoms with Gasteiger partial charge in [0.2, 0.25) is 5.95 Å². The van der Waals surface area contributed by atoms with Gasteiger partial charge in [0.1, 0.15) is 0 Å². The van der Waals surface area contributed by atoms with Crippen molar-refractivity contribution in [2.45, 2.75) is 31.8 Å². The predicted octanol–water partition coefficient (Wildman–Crippen LogP) is 2.39. The molecule has 5 nitrogen and oxygen atoms in total. The Bertz CT molecular complexity index is 580. The topological polar surface area (TPSA) is 70.8 Å². The lowest BCUT2D eigenvalue weighted by Crippen LogP contribution is -2.50. The maximum Gasteiger partial charge on any atom is 0.245 e. The van der Waals surface area contributed by atoms with Crippen molar-refractivity contribution in [3.8, 4) is 11.4 Å². The highest BCUT2D eigenvalue weighted by Crippen LogP contribution is 2.23. The van der Waals surface area contributed by atoms with Gasteiger partial charge in [-0.3, -0.25) is 5.10 Å². The number of aromatic nitrogens is 3. The number of hydrogen-bond donors (Lipinski definition) is 2. The molecule has 1 aliphatic rings. The van der Waals surface area contributed by atoms with Gasteiger partial charge >= 0.3 is 0 Å². The Morgan fingerprint density at radius 2 is 2.10 bits per heavy atom. The molecule has 0 bridgehead atoms. The van der Waals surface area contributed by atoms with Gasteiger partial charge in [-0.15, -0.1) is 5.10 Å². The number of halogens is 1. The minimum absolute atomic E-state index is 0.198. The zero-order chi connectivity index (χ0) is 14.1. The summed E-state index contributed by atoms with van der Waals surface area (Å²) in [4.78, 5) is 6.82. The first-order valence-electron chi connectivity index (χ1n) is 6.86. The summed E-state index contributed by atoms with van der Waals surface area (Å²) in [6, 6.07) is 8.72. The molecule has 3 rings (SSSR count). The average Bonchev–Trinajstić information content (AvgIpc) is 2.92. The van der Waals surface area contributed by atoms with Crippen LogP contribution in [0.1, 0.15) is 19.8 Å². The third-order valence-electron chi connectivity index (χ3n) is 3.90. The predicted molar refractivity (Wildman–Crippen MR) is 88.6 cm³/mol. The summed E-state index contributed by atoms with van der Waals surface area (Å²) >= 11 is 2.29. The summed E-state index contributed by atoms with van der Waals surface area (Å²) in [5, 5.41) is 7.38. The SMILES string of the molecule is CC1C(N)CCCN1c1n[nH]c(-c2ccc(I)cc2)n1. The molecule has 1 fully saturated rings. The van der Waals surface area contributed by atoms with E-state index in [9.17, 15) is 0 Å². The quantitative estimate of drug-likeness (QED) is 0.782. The second-order valence-electron chi connectivity index (χ2n) is 5.23. The van der Waals surface area contributed by atoms with Crippen LogP contribution in [0.2, 0.25) is 0 Å². The molecular formula is C14H18IN5. The van der Waals surface area contributed by atoms with E-state index in [2.05, 4.69) is 73.9 Å². The summed E-state index contributed by atoms with van der Waals surface area (Å²) in [7, 11) is 0. The summed E-state index contributed by atoms with van der Waals surface area (Å²) in [6.07, 6.45) is 2.17. The molecule has 2 atom stereocenters. The van der Waals surface area contributed by atoms with Crippen molar-refractivity contribution >= 4 is 28.5 Å². The summed E-state index contributed by atoms with van der Waals surface area (Å²) in [6.45, 7) is 3.11. The minimum atomic E-state index is 0.198. The Labute approximate surface area is 132 Å². The number of aromatic amines is 1. The second-order valence-corrected chi connectivity index (χ2v) is 6.48. The molecule has 2 unspecified atom stereocenters. The van der Waals surface area contributed by atoms with E-state index in [0.717, 1.165) is 36.7 Å². The molecule has 1 aliphatic heterocycles. The fourth-order valence-corrected chi connectivity index (χ4v) is 2.93. The first kappa shape index (κ1) is 13.8. The van der Waals surface area contributed by atoms with Gasteiger partial charge in [-0.25, -0.2) is 0 Å². The fourth-order valence-electron chi connectivity index (χ4n) is 2.57. The largest absolute Gasteiger partial charge is 0.335 e. The molecule has 6 heteroatoms. The van der Waals surface area contributed by atoms with Crippen molar-refractivity contribution in [1.82, 2.24) is 15.2 Å². The van der Waals surface area contributed by atoms with Crippen LogP contribution in [0.25, 0.3) is 11.4 Å². The highest BCUT2D eigenvalue weighted by Gasteiger charge is 2.27. The molecule has 2 heterocycles. The Morgan fingerprint density at radius 3 is 2.85 bits per heavy atom.